The quantitative estimate of drug-likeness (QED) is 0.198. The third-order valence-electron chi connectivity index (χ3n) is 4.08. The summed E-state index contributed by atoms with van der Waals surface area (Å²) in [6.07, 6.45) is -2.35. The summed E-state index contributed by atoms with van der Waals surface area (Å²) in [6, 6.07) is 0. The van der Waals surface area contributed by atoms with Gasteiger partial charge in [-0.15, -0.1) is 0 Å². The summed E-state index contributed by atoms with van der Waals surface area (Å²) >= 11 is 0. The third-order valence-corrected chi connectivity index (χ3v) is 4.08. The summed E-state index contributed by atoms with van der Waals surface area (Å²) in [5, 5.41) is 0. The first-order valence-electron chi connectivity index (χ1n) is 8.72. The van der Waals surface area contributed by atoms with Crippen LogP contribution in [0.15, 0.2) is 0 Å². The largest absolute Gasteiger partial charge is 0.384 e. The molecule has 0 saturated carbocycles. The Hall–Kier alpha value is -0.880. The minimum Gasteiger partial charge on any atom is -0.375 e. The van der Waals surface area contributed by atoms with Crippen LogP contribution in [0.4, 0.5) is 52.7 Å². The fourth-order valence-corrected chi connectivity index (χ4v) is 2.22. The molecule has 0 rings (SSSR count). The number of hydrogen-bond donors (Lipinski definition) is 0. The van der Waals surface area contributed by atoms with E-state index in [1.165, 1.54) is 6.92 Å². The van der Waals surface area contributed by atoms with Crippen LogP contribution in [0.5, 0.6) is 0 Å². The molecule has 0 aliphatic rings. The number of hydrogen-bond acceptors (Lipinski definition) is 1. The van der Waals surface area contributed by atoms with E-state index in [1.54, 1.807) is 6.92 Å². The molecule has 0 spiro atoms. The van der Waals surface area contributed by atoms with Gasteiger partial charge in [-0.1, -0.05) is 33.1 Å². The first kappa shape index (κ1) is 28.1. The lowest BCUT2D eigenvalue weighted by atomic mass is 9.89. The van der Waals surface area contributed by atoms with Gasteiger partial charge in [-0.05, 0) is 12.8 Å². The molecule has 0 amide bonds. The average Bonchev–Trinajstić information content (AvgIpc) is 2.58. The first-order valence-corrected chi connectivity index (χ1v) is 8.72. The number of alkyl halides is 12. The number of rotatable bonds is 14. The van der Waals surface area contributed by atoms with Gasteiger partial charge in [0.1, 0.15) is 6.61 Å². The van der Waals surface area contributed by atoms with E-state index in [0.717, 1.165) is 0 Å². The number of ether oxygens (including phenoxy) is 1. The van der Waals surface area contributed by atoms with Gasteiger partial charge >= 0.3 is 35.5 Å². The molecule has 0 aromatic carbocycles. The van der Waals surface area contributed by atoms with Crippen LogP contribution >= 0.6 is 0 Å². The second kappa shape index (κ2) is 9.51. The standard InChI is InChI=1S/C16H22F12O/c1-3-5-6-7-8-11(17,18)13(21,22)15(25,26)16(27,28)14(23,24)12(19,20)10-29-9-4-2/h3-10H2,1-2H3. The number of halogens is 12. The zero-order valence-electron chi connectivity index (χ0n) is 15.6. The van der Waals surface area contributed by atoms with Crippen molar-refractivity contribution in [1.82, 2.24) is 0 Å². The van der Waals surface area contributed by atoms with Crippen LogP contribution in [0, 0.1) is 0 Å². The normalized spacial score (nSPS) is 15.1. The van der Waals surface area contributed by atoms with E-state index < -0.39 is 61.6 Å². The van der Waals surface area contributed by atoms with Crippen LogP contribution in [0.1, 0.15) is 52.4 Å². The first-order chi connectivity index (χ1) is 12.9. The molecule has 176 valence electrons. The molecule has 0 bridgehead atoms. The SMILES string of the molecule is CCCCCCC(F)(F)C(F)(F)C(F)(F)C(F)(F)C(F)(F)C(F)(F)COCCC. The van der Waals surface area contributed by atoms with Gasteiger partial charge in [-0.25, -0.2) is 0 Å². The van der Waals surface area contributed by atoms with E-state index >= 15 is 0 Å². The molecular weight excluding hydrogens is 436 g/mol. The van der Waals surface area contributed by atoms with Crippen LogP contribution < -0.4 is 0 Å². The van der Waals surface area contributed by atoms with Crippen LogP contribution in [0.2, 0.25) is 0 Å². The van der Waals surface area contributed by atoms with Gasteiger partial charge in [0.25, 0.3) is 0 Å². The van der Waals surface area contributed by atoms with Crippen molar-refractivity contribution in [1.29, 1.82) is 0 Å². The van der Waals surface area contributed by atoms with Crippen molar-refractivity contribution in [3.05, 3.63) is 0 Å². The molecule has 29 heavy (non-hydrogen) atoms. The van der Waals surface area contributed by atoms with Gasteiger partial charge in [-0.3, -0.25) is 0 Å². The van der Waals surface area contributed by atoms with Crippen LogP contribution in [0.3, 0.4) is 0 Å². The Morgan fingerprint density at radius 2 is 0.966 bits per heavy atom. The molecular formula is C16H22F12O. The molecule has 0 aromatic heterocycles. The van der Waals surface area contributed by atoms with E-state index in [4.69, 9.17) is 0 Å². The highest BCUT2D eigenvalue weighted by Gasteiger charge is 2.89. The van der Waals surface area contributed by atoms with E-state index in [-0.39, 0.29) is 19.3 Å². The average molecular weight is 458 g/mol. The van der Waals surface area contributed by atoms with E-state index in [9.17, 15) is 52.7 Å². The molecule has 0 aliphatic heterocycles. The van der Waals surface area contributed by atoms with E-state index in [2.05, 4.69) is 4.74 Å². The fraction of sp³-hybridized carbons (Fsp3) is 1.00. The molecule has 0 saturated heterocycles. The Kier molecular flexibility index (Phi) is 9.22. The van der Waals surface area contributed by atoms with Gasteiger partial charge in [0.05, 0.1) is 0 Å². The molecule has 0 radical (unpaired) electrons. The molecule has 0 unspecified atom stereocenters. The van der Waals surface area contributed by atoms with Crippen molar-refractivity contribution in [2.45, 2.75) is 87.9 Å². The summed E-state index contributed by atoms with van der Waals surface area (Å²) in [6.45, 7) is -0.256. The monoisotopic (exact) mass is 458 g/mol. The molecule has 0 N–H and O–H groups in total. The fourth-order valence-electron chi connectivity index (χ4n) is 2.22. The van der Waals surface area contributed by atoms with Gasteiger partial charge in [0, 0.05) is 13.0 Å². The summed E-state index contributed by atoms with van der Waals surface area (Å²) in [4.78, 5) is 0. The highest BCUT2D eigenvalue weighted by atomic mass is 19.4. The molecule has 0 atom stereocenters. The van der Waals surface area contributed by atoms with Gasteiger partial charge < -0.3 is 4.74 Å². The maximum atomic E-state index is 13.6. The molecule has 1 nitrogen and oxygen atoms in total. The smallest absolute Gasteiger partial charge is 0.375 e. The Balaban J connectivity index is 5.84. The van der Waals surface area contributed by atoms with Crippen LogP contribution in [-0.2, 0) is 4.74 Å². The van der Waals surface area contributed by atoms with Gasteiger partial charge in [0.15, 0.2) is 0 Å². The minimum absolute atomic E-state index is 0.0451. The molecule has 0 fully saturated rings. The van der Waals surface area contributed by atoms with Crippen molar-refractivity contribution in [3.8, 4) is 0 Å². The third kappa shape index (κ3) is 5.25. The number of unbranched alkanes of at least 4 members (excludes halogenated alkanes) is 3. The predicted molar refractivity (Wildman–Crippen MR) is 79.6 cm³/mol. The van der Waals surface area contributed by atoms with Crippen molar-refractivity contribution in [2.24, 2.45) is 0 Å². The second-order valence-electron chi connectivity index (χ2n) is 6.57. The summed E-state index contributed by atoms with van der Waals surface area (Å²) in [5.41, 5.74) is 0. The molecule has 13 heteroatoms. The topological polar surface area (TPSA) is 9.23 Å². The van der Waals surface area contributed by atoms with Gasteiger partial charge in [0.2, 0.25) is 0 Å². The van der Waals surface area contributed by atoms with E-state index in [1.807, 2.05) is 0 Å². The van der Waals surface area contributed by atoms with E-state index in [0.29, 0.717) is 6.42 Å². The lowest BCUT2D eigenvalue weighted by Crippen LogP contribution is -2.71. The van der Waals surface area contributed by atoms with Crippen molar-refractivity contribution in [3.63, 3.8) is 0 Å². The van der Waals surface area contributed by atoms with Crippen molar-refractivity contribution < 1.29 is 57.4 Å². The highest BCUT2D eigenvalue weighted by Crippen LogP contribution is 2.60. The Bertz CT molecular complexity index is 504. The zero-order valence-corrected chi connectivity index (χ0v) is 15.6. The highest BCUT2D eigenvalue weighted by molar-refractivity contribution is 5.11. The molecule has 0 aromatic rings. The summed E-state index contributed by atoms with van der Waals surface area (Å²) in [5.74, 6) is -41.0. The maximum absolute atomic E-state index is 13.6. The van der Waals surface area contributed by atoms with Gasteiger partial charge in [-0.2, -0.15) is 52.7 Å². The lowest BCUT2D eigenvalue weighted by molar-refractivity contribution is -0.427. The van der Waals surface area contributed by atoms with Crippen molar-refractivity contribution in [2.75, 3.05) is 13.2 Å². The van der Waals surface area contributed by atoms with Crippen LogP contribution in [0.25, 0.3) is 0 Å². The Labute approximate surface area is 159 Å². The van der Waals surface area contributed by atoms with Crippen LogP contribution in [-0.4, -0.2) is 48.7 Å². The second-order valence-corrected chi connectivity index (χ2v) is 6.57. The predicted octanol–water partition coefficient (Wildman–Crippen LogP) is 7.20. The minimum atomic E-state index is -7.52. The zero-order chi connectivity index (χ0) is 23.4. The summed E-state index contributed by atoms with van der Waals surface area (Å²) in [7, 11) is 0. The Morgan fingerprint density at radius 1 is 0.517 bits per heavy atom. The lowest BCUT2D eigenvalue weighted by Gasteiger charge is -2.41. The Morgan fingerprint density at radius 3 is 1.38 bits per heavy atom. The molecule has 0 heterocycles. The summed E-state index contributed by atoms with van der Waals surface area (Å²) < 4.78 is 167. The molecule has 0 aliphatic carbocycles. The maximum Gasteiger partial charge on any atom is 0.384 e. The van der Waals surface area contributed by atoms with Crippen molar-refractivity contribution >= 4 is 0 Å².